The van der Waals surface area contributed by atoms with Gasteiger partial charge in [0.2, 0.25) is 0 Å². The number of carbonyl (C=O) groups excluding carboxylic acids is 6. The van der Waals surface area contributed by atoms with Gasteiger partial charge in [-0.25, -0.2) is 0 Å². The molecule has 4 saturated heterocycles. The molecule has 5 N–H and O–H groups in total. The van der Waals surface area contributed by atoms with Crippen molar-refractivity contribution in [3.63, 3.8) is 0 Å². The van der Waals surface area contributed by atoms with Gasteiger partial charge >= 0.3 is 35.8 Å². The molecule has 4 fully saturated rings. The van der Waals surface area contributed by atoms with Gasteiger partial charge in [0.25, 0.3) is 5.97 Å². The van der Waals surface area contributed by atoms with Crippen LogP contribution in [-0.4, -0.2) is 234 Å². The number of hydrogen-bond donors (Lipinski definition) is 5. The molecule has 0 amide bonds. The Kier molecular flexibility index (Phi) is 58.1. The third kappa shape index (κ3) is 54.0. The number of benzene rings is 6. The molecular formula is C93H129Cl3O28. The van der Waals surface area contributed by atoms with Crippen LogP contribution in [0.1, 0.15) is 138 Å². The van der Waals surface area contributed by atoms with E-state index in [0.717, 1.165) is 67.1 Å². The van der Waals surface area contributed by atoms with Crippen molar-refractivity contribution in [1.82, 2.24) is 0 Å². The van der Waals surface area contributed by atoms with Gasteiger partial charge in [0, 0.05) is 64.7 Å². The van der Waals surface area contributed by atoms with Crippen LogP contribution in [-0.2, 0) is 97.2 Å². The van der Waals surface area contributed by atoms with E-state index in [2.05, 4.69) is 104 Å². The molecule has 8 unspecified atom stereocenters. The van der Waals surface area contributed by atoms with Crippen molar-refractivity contribution in [1.29, 1.82) is 0 Å². The lowest BCUT2D eigenvalue weighted by atomic mass is 9.78. The van der Waals surface area contributed by atoms with E-state index in [0.29, 0.717) is 62.6 Å². The normalized spacial score (nSPS) is 15.2. The van der Waals surface area contributed by atoms with Gasteiger partial charge < -0.3 is 101 Å². The molecule has 8 atom stereocenters. The summed E-state index contributed by atoms with van der Waals surface area (Å²) in [6.07, 6.45) is 2.62. The second-order valence-corrected chi connectivity index (χ2v) is 29.6. The highest BCUT2D eigenvalue weighted by molar-refractivity contribution is 6.18. The zero-order valence-electron chi connectivity index (χ0n) is 72.8. The third-order valence-corrected chi connectivity index (χ3v) is 17.5. The lowest BCUT2D eigenvalue weighted by Gasteiger charge is -2.26. The summed E-state index contributed by atoms with van der Waals surface area (Å²) >= 11 is 11.1. The van der Waals surface area contributed by atoms with Crippen LogP contribution in [0.15, 0.2) is 184 Å². The van der Waals surface area contributed by atoms with Gasteiger partial charge in [0.1, 0.15) is 163 Å². The first-order chi connectivity index (χ1) is 57.8. The van der Waals surface area contributed by atoms with Crippen LogP contribution >= 0.6 is 35.6 Å². The van der Waals surface area contributed by atoms with E-state index in [1.807, 2.05) is 128 Å². The Hall–Kier alpha value is -9.82. The van der Waals surface area contributed by atoms with Crippen molar-refractivity contribution >= 4 is 77.4 Å². The smallest absolute Gasteiger partial charge is 0.302 e. The second kappa shape index (κ2) is 63.2. The fourth-order valence-corrected chi connectivity index (χ4v) is 9.68. The minimum atomic E-state index is -0.895. The number of aliphatic hydroxyl groups excluding tert-OH is 4. The average molecular weight is 1800 g/mol. The number of hydrogen-bond acceptors (Lipinski definition) is 27. The highest BCUT2D eigenvalue weighted by Crippen LogP contribution is 2.37. The molecule has 0 aromatic heterocycles. The molecule has 10 rings (SSSR count). The summed E-state index contributed by atoms with van der Waals surface area (Å²) in [4.78, 5) is 70.6. The number of allylic oxidation sites excluding steroid dienone is 1. The predicted octanol–water partition coefficient (Wildman–Crippen LogP) is 13.9. The summed E-state index contributed by atoms with van der Waals surface area (Å²) in [6, 6.07) is 47.5. The molecule has 4 heterocycles. The highest BCUT2D eigenvalue weighted by Gasteiger charge is 2.29. The molecule has 0 saturated carbocycles. The van der Waals surface area contributed by atoms with Crippen LogP contribution in [0.2, 0.25) is 0 Å². The van der Waals surface area contributed by atoms with Crippen molar-refractivity contribution < 1.29 is 135 Å². The Morgan fingerprint density at radius 2 is 0.532 bits per heavy atom. The van der Waals surface area contributed by atoms with E-state index in [1.54, 1.807) is 6.08 Å². The second-order valence-electron chi connectivity index (χ2n) is 29.0. The number of carbonyl (C=O) groups is 7. The number of alkyl halides is 2. The molecule has 0 bridgehead atoms. The van der Waals surface area contributed by atoms with E-state index >= 15 is 0 Å². The Balaban J connectivity index is 0.00000151. The van der Waals surface area contributed by atoms with Crippen molar-refractivity contribution in [2.75, 3.05) is 117 Å². The molecular weight excluding hydrogens is 1670 g/mol. The summed E-state index contributed by atoms with van der Waals surface area (Å²) in [5, 5.41) is 45.9. The first kappa shape index (κ1) is 114. The number of halogens is 3. The number of rotatable bonds is 38. The quantitative estimate of drug-likeness (QED) is 0.00790. The van der Waals surface area contributed by atoms with Crippen molar-refractivity contribution in [3.05, 3.63) is 217 Å². The first-order valence-electron chi connectivity index (χ1n) is 39.3. The maximum absolute atomic E-state index is 10.8. The topological polar surface area (TPSA) is 382 Å². The van der Waals surface area contributed by atoms with Gasteiger partial charge in [0.15, 0.2) is 0 Å². The molecule has 4 aliphatic heterocycles. The molecule has 0 radical (unpaired) electrons. The maximum atomic E-state index is 10.8. The largest absolute Gasteiger partial charge is 0.491 e. The van der Waals surface area contributed by atoms with E-state index in [-0.39, 0.29) is 136 Å². The fourth-order valence-electron chi connectivity index (χ4n) is 9.50. The molecule has 124 heavy (non-hydrogen) atoms. The Labute approximate surface area is 746 Å². The fraction of sp³-hybridized carbons (Fsp3) is 0.473. The number of aliphatic hydroxyl groups is 4. The zero-order valence-corrected chi connectivity index (χ0v) is 75.2. The van der Waals surface area contributed by atoms with Crippen LogP contribution in [0.4, 0.5) is 0 Å². The monoisotopic (exact) mass is 1800 g/mol. The van der Waals surface area contributed by atoms with Gasteiger partial charge in [0.05, 0.1) is 38.2 Å². The van der Waals surface area contributed by atoms with E-state index in [1.165, 1.54) is 64.8 Å². The lowest BCUT2D eigenvalue weighted by molar-refractivity contribution is -0.145. The molecule has 6 aromatic rings. The van der Waals surface area contributed by atoms with Crippen LogP contribution in [0.3, 0.4) is 0 Å². The number of esters is 6. The number of ether oxygens (including phenoxy) is 16. The number of aliphatic carboxylic acids is 1. The summed E-state index contributed by atoms with van der Waals surface area (Å²) in [6.45, 7) is 40.1. The summed E-state index contributed by atoms with van der Waals surface area (Å²) < 4.78 is 81.1. The average Bonchev–Trinajstić information content (AvgIpc) is 1.41. The van der Waals surface area contributed by atoms with Gasteiger partial charge in [-0.3, -0.25) is 33.6 Å². The Morgan fingerprint density at radius 3 is 0.694 bits per heavy atom. The lowest BCUT2D eigenvalue weighted by Crippen LogP contribution is -2.24. The van der Waals surface area contributed by atoms with Gasteiger partial charge in [-0.15, -0.1) is 42.2 Å². The summed E-state index contributed by atoms with van der Waals surface area (Å²) in [7, 11) is 0. The Bertz CT molecular complexity index is 3730. The van der Waals surface area contributed by atoms with Crippen molar-refractivity contribution in [2.45, 2.75) is 169 Å². The van der Waals surface area contributed by atoms with E-state index < -0.39 is 42.3 Å². The summed E-state index contributed by atoms with van der Waals surface area (Å²) in [5.74, 6) is 1.95. The summed E-state index contributed by atoms with van der Waals surface area (Å²) in [5.41, 5.74) is 6.34. The van der Waals surface area contributed by atoms with Crippen LogP contribution in [0, 0.1) is 0 Å². The maximum Gasteiger partial charge on any atom is 0.302 e. The molecule has 4 aliphatic rings. The SMILES string of the molecule is C.C=CC.C=CCOC(C)=O.C=CCOC(C)=O.CC(=O)O.CC(=O)OCC(O)COc1ccc(C(C)(C)c2ccc(OCC(O)COC(C)=O)cc2)cc1.CC(=O)OCC1CO1.CC(=O)OCC1CO1.CC(C)(c1ccc(OCC(O)CCl)cc1)c1ccc(OCC(O)CCl)cc1.CC(C)(c1ccc(OCC2CO2)cc1)c1ccc(OCC2CO2)cc1.Cl. The van der Waals surface area contributed by atoms with Crippen LogP contribution in [0.5, 0.6) is 34.5 Å². The zero-order chi connectivity index (χ0) is 91.2. The molecule has 28 nitrogen and oxygen atoms in total. The third-order valence-electron chi connectivity index (χ3n) is 16.8. The van der Waals surface area contributed by atoms with Gasteiger partial charge in [-0.1, -0.05) is 153 Å². The van der Waals surface area contributed by atoms with Crippen LogP contribution in [0.25, 0.3) is 0 Å². The molecule has 0 spiro atoms. The first-order valence-corrected chi connectivity index (χ1v) is 40.4. The molecule has 0 aliphatic carbocycles. The van der Waals surface area contributed by atoms with Crippen molar-refractivity contribution in [2.24, 2.45) is 0 Å². The van der Waals surface area contributed by atoms with Crippen LogP contribution < -0.4 is 28.4 Å². The molecule has 31 heteroatoms. The standard InChI is InChI=1S/C25H32O8.C21H26Cl2O4.C21H24O4.2C5H8O3.2C5H8O2.C3H6.C2H4O2.CH4.ClH/c1-17(26)30-13-21(28)15-32-23-9-5-19(6-10-23)25(3,4)20-7-11-24(12-8-20)33-16-22(29)14-31-18(2)27;1-21(2,15-3-7-19(8-4-15)26-13-17(24)11-22)16-5-9-20(10-6-16)27-14-18(25)12-23;1-21(2,15-3-7-17(8-4-15)22-11-19-13-24-19)16-5-9-18(10-6-16)23-12-20-14-25-20;2*1-4(6)7-2-5-3-8-5;2*1-3-4-7-5(2)6;1-3-2;1-2(3)4;;/h5-12,21-22,28-29H,13-16H2,1-4H3;3-10,17-18,24-25H,11-14H2,1-2H3;3-10,19-20H,11-14H2,1-2H3;2*5H,2-3H2,1H3;2*3H,1,4H2,2H3;3H,1H2,2H3;1H3,(H,3,4);1H4;1H. The number of epoxide rings is 4. The van der Waals surface area contributed by atoms with E-state index in [9.17, 15) is 49.2 Å². The van der Waals surface area contributed by atoms with Gasteiger partial charge in [-0.05, 0) is 113 Å². The number of carboxylic acid groups (broad SMARTS) is 1. The molecule has 6 aromatic carbocycles. The number of carboxylic acids is 1. The van der Waals surface area contributed by atoms with E-state index in [4.69, 9.17) is 89.9 Å². The Morgan fingerprint density at radius 1 is 0.355 bits per heavy atom. The highest BCUT2D eigenvalue weighted by atomic mass is 35.5. The predicted molar refractivity (Wildman–Crippen MR) is 476 cm³/mol. The molecule has 690 valence electrons. The van der Waals surface area contributed by atoms with Gasteiger partial charge in [-0.2, -0.15) is 0 Å². The minimum absolute atomic E-state index is 0. The minimum Gasteiger partial charge on any atom is -0.491 e. The van der Waals surface area contributed by atoms with Crippen molar-refractivity contribution in [3.8, 4) is 34.5 Å².